The van der Waals surface area contributed by atoms with Gasteiger partial charge in [-0.2, -0.15) is 0 Å². The number of benzene rings is 1. The van der Waals surface area contributed by atoms with Crippen molar-refractivity contribution in [2.75, 3.05) is 30.4 Å². The molecule has 0 saturated carbocycles. The second-order valence-corrected chi connectivity index (χ2v) is 5.20. The van der Waals surface area contributed by atoms with Gasteiger partial charge in [-0.25, -0.2) is 18.2 Å². The van der Waals surface area contributed by atoms with E-state index in [1.165, 1.54) is 6.20 Å². The third-order valence-corrected chi connectivity index (χ3v) is 3.92. The van der Waals surface area contributed by atoms with E-state index in [2.05, 4.69) is 10.3 Å². The SMILES string of the molecule is CNc1cnc(N2CCCCC2)c2c(F)c(F)c(F)cc12. The molecule has 0 atom stereocenters. The van der Waals surface area contributed by atoms with E-state index in [1.807, 2.05) is 4.90 Å². The van der Waals surface area contributed by atoms with E-state index in [9.17, 15) is 13.2 Å². The molecule has 1 aromatic carbocycles. The molecule has 2 aromatic rings. The van der Waals surface area contributed by atoms with Gasteiger partial charge in [0, 0.05) is 25.5 Å². The van der Waals surface area contributed by atoms with Crippen LogP contribution in [0.4, 0.5) is 24.7 Å². The number of hydrogen-bond donors (Lipinski definition) is 1. The smallest absolute Gasteiger partial charge is 0.195 e. The molecule has 0 amide bonds. The van der Waals surface area contributed by atoms with Crippen LogP contribution in [-0.2, 0) is 0 Å². The highest BCUT2D eigenvalue weighted by atomic mass is 19.2. The second kappa shape index (κ2) is 5.42. The number of piperidine rings is 1. The Labute approximate surface area is 120 Å². The van der Waals surface area contributed by atoms with Crippen molar-refractivity contribution in [2.24, 2.45) is 0 Å². The minimum absolute atomic E-state index is 0.0441. The van der Waals surface area contributed by atoms with Crippen LogP contribution in [-0.4, -0.2) is 25.1 Å². The van der Waals surface area contributed by atoms with Crippen LogP contribution in [0.1, 0.15) is 19.3 Å². The first-order valence-corrected chi connectivity index (χ1v) is 7.02. The molecule has 3 nitrogen and oxygen atoms in total. The summed E-state index contributed by atoms with van der Waals surface area (Å²) in [7, 11) is 1.64. The molecule has 112 valence electrons. The zero-order chi connectivity index (χ0) is 15.0. The lowest BCUT2D eigenvalue weighted by Gasteiger charge is -2.29. The molecular formula is C15H16F3N3. The maximum Gasteiger partial charge on any atom is 0.195 e. The summed E-state index contributed by atoms with van der Waals surface area (Å²) >= 11 is 0. The summed E-state index contributed by atoms with van der Waals surface area (Å²) in [4.78, 5) is 6.20. The summed E-state index contributed by atoms with van der Waals surface area (Å²) in [6.45, 7) is 1.50. The highest BCUT2D eigenvalue weighted by Gasteiger charge is 2.23. The van der Waals surface area contributed by atoms with Gasteiger partial charge in [-0.1, -0.05) is 0 Å². The van der Waals surface area contributed by atoms with Crippen LogP contribution in [0.2, 0.25) is 0 Å². The van der Waals surface area contributed by atoms with Crippen LogP contribution in [0.3, 0.4) is 0 Å². The number of halogens is 3. The topological polar surface area (TPSA) is 28.2 Å². The Bertz CT molecular complexity index is 682. The molecule has 1 N–H and O–H groups in total. The summed E-state index contributed by atoms with van der Waals surface area (Å²) in [5, 5.41) is 3.19. The van der Waals surface area contributed by atoms with Gasteiger partial charge in [0.15, 0.2) is 17.5 Å². The van der Waals surface area contributed by atoms with Gasteiger partial charge in [0.2, 0.25) is 0 Å². The molecule has 1 aliphatic rings. The molecule has 0 bridgehead atoms. The maximum absolute atomic E-state index is 14.3. The molecule has 1 aromatic heterocycles. The Morgan fingerprint density at radius 2 is 1.81 bits per heavy atom. The molecule has 0 radical (unpaired) electrons. The third-order valence-electron chi connectivity index (χ3n) is 3.92. The first-order valence-electron chi connectivity index (χ1n) is 7.02. The van der Waals surface area contributed by atoms with E-state index in [-0.39, 0.29) is 5.39 Å². The average Bonchev–Trinajstić information content (AvgIpc) is 2.52. The van der Waals surface area contributed by atoms with E-state index in [0.717, 1.165) is 38.4 Å². The van der Waals surface area contributed by atoms with Gasteiger partial charge >= 0.3 is 0 Å². The third kappa shape index (κ3) is 2.28. The average molecular weight is 295 g/mol. The summed E-state index contributed by atoms with van der Waals surface area (Å²) < 4.78 is 41.4. The monoisotopic (exact) mass is 295 g/mol. The van der Waals surface area contributed by atoms with E-state index in [0.29, 0.717) is 16.9 Å². The van der Waals surface area contributed by atoms with E-state index < -0.39 is 17.5 Å². The number of hydrogen-bond acceptors (Lipinski definition) is 3. The van der Waals surface area contributed by atoms with Crippen LogP contribution in [0.5, 0.6) is 0 Å². The normalized spacial score (nSPS) is 15.5. The number of anilines is 2. The van der Waals surface area contributed by atoms with Gasteiger partial charge < -0.3 is 10.2 Å². The quantitative estimate of drug-likeness (QED) is 0.857. The highest BCUT2D eigenvalue weighted by molar-refractivity contribution is 6.00. The van der Waals surface area contributed by atoms with Crippen molar-refractivity contribution in [3.8, 4) is 0 Å². The molecule has 1 saturated heterocycles. The summed E-state index contributed by atoms with van der Waals surface area (Å²) in [6, 6.07) is 1.02. The zero-order valence-electron chi connectivity index (χ0n) is 11.7. The fourth-order valence-electron chi connectivity index (χ4n) is 2.83. The van der Waals surface area contributed by atoms with Crippen molar-refractivity contribution < 1.29 is 13.2 Å². The van der Waals surface area contributed by atoms with Gasteiger partial charge in [0.1, 0.15) is 5.82 Å². The Hall–Kier alpha value is -1.98. The Balaban J connectivity index is 2.28. The lowest BCUT2D eigenvalue weighted by molar-refractivity contribution is 0.453. The minimum Gasteiger partial charge on any atom is -0.386 e. The molecule has 0 spiro atoms. The largest absolute Gasteiger partial charge is 0.386 e. The number of rotatable bonds is 2. The second-order valence-electron chi connectivity index (χ2n) is 5.20. The number of nitrogens with zero attached hydrogens (tertiary/aromatic N) is 2. The van der Waals surface area contributed by atoms with Crippen molar-refractivity contribution >= 4 is 22.3 Å². The first kappa shape index (κ1) is 14.0. The molecule has 0 aliphatic carbocycles. The Morgan fingerprint density at radius 1 is 1.10 bits per heavy atom. The molecule has 6 heteroatoms. The molecular weight excluding hydrogens is 279 g/mol. The number of fused-ring (bicyclic) bond motifs is 1. The molecule has 2 heterocycles. The molecule has 1 fully saturated rings. The van der Waals surface area contributed by atoms with Crippen LogP contribution in [0, 0.1) is 17.5 Å². The number of pyridine rings is 1. The van der Waals surface area contributed by atoms with Crippen molar-refractivity contribution in [1.29, 1.82) is 0 Å². The number of aromatic nitrogens is 1. The molecule has 3 rings (SSSR count). The van der Waals surface area contributed by atoms with Crippen LogP contribution >= 0.6 is 0 Å². The summed E-state index contributed by atoms with van der Waals surface area (Å²) in [5.74, 6) is -3.42. The van der Waals surface area contributed by atoms with Crippen LogP contribution < -0.4 is 10.2 Å². The lowest BCUT2D eigenvalue weighted by atomic mass is 10.1. The summed E-state index contributed by atoms with van der Waals surface area (Å²) in [5.41, 5.74) is 0.476. The molecule has 21 heavy (non-hydrogen) atoms. The van der Waals surface area contributed by atoms with Crippen LogP contribution in [0.15, 0.2) is 12.3 Å². The molecule has 0 unspecified atom stereocenters. The van der Waals surface area contributed by atoms with E-state index in [4.69, 9.17) is 0 Å². The number of nitrogens with one attached hydrogen (secondary N) is 1. The highest BCUT2D eigenvalue weighted by Crippen LogP contribution is 2.35. The van der Waals surface area contributed by atoms with Crippen molar-refractivity contribution in [2.45, 2.75) is 19.3 Å². The molecule has 1 aliphatic heterocycles. The van der Waals surface area contributed by atoms with Crippen LogP contribution in [0.25, 0.3) is 10.8 Å². The predicted octanol–water partition coefficient (Wildman–Crippen LogP) is 3.68. The predicted molar refractivity (Wildman–Crippen MR) is 77.2 cm³/mol. The summed E-state index contributed by atoms with van der Waals surface area (Å²) in [6.07, 6.45) is 4.63. The van der Waals surface area contributed by atoms with Crippen molar-refractivity contribution in [3.05, 3.63) is 29.7 Å². The fourth-order valence-corrected chi connectivity index (χ4v) is 2.83. The Morgan fingerprint density at radius 3 is 2.48 bits per heavy atom. The van der Waals surface area contributed by atoms with Gasteiger partial charge in [0.05, 0.1) is 17.3 Å². The first-order chi connectivity index (χ1) is 10.1. The van der Waals surface area contributed by atoms with Crippen molar-refractivity contribution in [3.63, 3.8) is 0 Å². The van der Waals surface area contributed by atoms with E-state index >= 15 is 0 Å². The standard InChI is InChI=1S/C15H16F3N3/c1-19-11-8-20-15(21-5-3-2-4-6-21)12-9(11)7-10(16)13(17)14(12)18/h7-8,19H,2-6H2,1H3. The van der Waals surface area contributed by atoms with Gasteiger partial charge in [-0.05, 0) is 25.3 Å². The van der Waals surface area contributed by atoms with Crippen molar-refractivity contribution in [1.82, 2.24) is 4.98 Å². The fraction of sp³-hybridized carbons (Fsp3) is 0.400. The van der Waals surface area contributed by atoms with E-state index in [1.54, 1.807) is 7.05 Å². The van der Waals surface area contributed by atoms with Gasteiger partial charge in [-0.15, -0.1) is 0 Å². The zero-order valence-corrected chi connectivity index (χ0v) is 11.7. The minimum atomic E-state index is -1.45. The maximum atomic E-state index is 14.3. The van der Waals surface area contributed by atoms with Gasteiger partial charge in [0.25, 0.3) is 0 Å². The lowest BCUT2D eigenvalue weighted by Crippen LogP contribution is -2.30. The van der Waals surface area contributed by atoms with Gasteiger partial charge in [-0.3, -0.25) is 0 Å². The Kier molecular flexibility index (Phi) is 3.61.